The van der Waals surface area contributed by atoms with Crippen molar-refractivity contribution in [1.82, 2.24) is 21.3 Å². The Morgan fingerprint density at radius 1 is 0.600 bits per heavy atom. The van der Waals surface area contributed by atoms with Gasteiger partial charge in [-0.1, -0.05) is 83.9 Å². The summed E-state index contributed by atoms with van der Waals surface area (Å²) in [5.41, 5.74) is 11.8. The van der Waals surface area contributed by atoms with Crippen molar-refractivity contribution >= 4 is 47.3 Å². The highest BCUT2D eigenvalue weighted by Gasteiger charge is 2.23. The van der Waals surface area contributed by atoms with Gasteiger partial charge in [-0.15, -0.1) is 0 Å². The molecule has 0 aromatic heterocycles. The Bertz CT molecular complexity index is 3080. The standard InChI is InChI=1S/C58H60Cl2N4O11/c1-34-40(32-74-54-25-52(42(23-49(54)59)27-63-44(29-67)15-19-65)72-30-36-9-11-38-13-17-61-56(68)47(38)21-36)5-3-7-45(34)46-8-4-6-41(35(46)2)33-75-55-26-53(43(24-50(55)60)28-64-51(16-20-66)58(70)71)73-31-37-10-12-39-14-18-62-57(69)48(39)22-37/h3-12,21-26,29,44,51,63-66H,13-20,27-28,30-33H2,1-2H3,(H,61,68)(H,62,69)(H,70,71). The van der Waals surface area contributed by atoms with E-state index < -0.39 is 18.1 Å². The van der Waals surface area contributed by atoms with E-state index in [1.54, 1.807) is 24.3 Å². The number of hydrogen-bond acceptors (Lipinski definition) is 12. The van der Waals surface area contributed by atoms with Crippen LogP contribution in [0, 0.1) is 13.8 Å². The number of carboxylic acids is 1. The number of aliphatic hydroxyl groups excluding tert-OH is 2. The maximum Gasteiger partial charge on any atom is 0.320 e. The smallest absolute Gasteiger partial charge is 0.320 e. The lowest BCUT2D eigenvalue weighted by Crippen LogP contribution is -2.37. The predicted octanol–water partition coefficient (Wildman–Crippen LogP) is 8.13. The van der Waals surface area contributed by atoms with E-state index in [-0.39, 0.29) is 82.4 Å². The zero-order valence-electron chi connectivity index (χ0n) is 41.7. The second-order valence-corrected chi connectivity index (χ2v) is 19.3. The molecular formula is C58H60Cl2N4O11. The van der Waals surface area contributed by atoms with Crippen molar-refractivity contribution in [2.75, 3.05) is 26.3 Å². The van der Waals surface area contributed by atoms with Gasteiger partial charge in [-0.05, 0) is 119 Å². The van der Waals surface area contributed by atoms with Crippen molar-refractivity contribution in [2.45, 2.75) is 91.1 Å². The first kappa shape index (κ1) is 54.3. The van der Waals surface area contributed by atoms with Gasteiger partial charge in [-0.3, -0.25) is 14.4 Å². The third-order valence-electron chi connectivity index (χ3n) is 13.6. The van der Waals surface area contributed by atoms with Gasteiger partial charge in [0.25, 0.3) is 11.8 Å². The molecule has 2 unspecified atom stereocenters. The molecule has 2 amide bonds. The van der Waals surface area contributed by atoms with E-state index in [4.69, 9.17) is 42.1 Å². The number of aliphatic carboxylic acids is 1. The molecular weight excluding hydrogens is 1000 g/mol. The van der Waals surface area contributed by atoms with Crippen molar-refractivity contribution in [3.63, 3.8) is 0 Å². The molecule has 0 radical (unpaired) electrons. The first-order chi connectivity index (χ1) is 36.3. The minimum absolute atomic E-state index is 0.00810. The lowest BCUT2D eigenvalue weighted by molar-refractivity contribution is -0.140. The molecule has 2 atom stereocenters. The van der Waals surface area contributed by atoms with E-state index in [0.717, 1.165) is 74.8 Å². The van der Waals surface area contributed by atoms with Crippen molar-refractivity contribution in [3.05, 3.63) is 174 Å². The van der Waals surface area contributed by atoms with Crippen LogP contribution >= 0.6 is 23.2 Å². The Balaban J connectivity index is 0.990. The summed E-state index contributed by atoms with van der Waals surface area (Å²) in [6, 6.07) is 28.7. The molecule has 0 fully saturated rings. The van der Waals surface area contributed by atoms with Crippen LogP contribution in [0.1, 0.15) is 89.2 Å². The highest BCUT2D eigenvalue weighted by Crippen LogP contribution is 2.38. The Hall–Kier alpha value is -6.98. The first-order valence-electron chi connectivity index (χ1n) is 24.8. The number of amides is 2. The Morgan fingerprint density at radius 2 is 1.07 bits per heavy atom. The molecule has 6 aromatic carbocycles. The molecule has 17 heteroatoms. The normalized spacial score (nSPS) is 13.7. The fourth-order valence-electron chi connectivity index (χ4n) is 9.19. The average molecular weight is 1060 g/mol. The molecule has 15 nitrogen and oxygen atoms in total. The highest BCUT2D eigenvalue weighted by atomic mass is 35.5. The third kappa shape index (κ3) is 13.5. The van der Waals surface area contributed by atoms with Gasteiger partial charge < -0.3 is 60.3 Å². The van der Waals surface area contributed by atoms with Gasteiger partial charge in [0.05, 0.1) is 16.1 Å². The number of aliphatic hydroxyl groups is 2. The Labute approximate surface area is 445 Å². The number of carbonyl (C=O) groups excluding carboxylic acids is 3. The van der Waals surface area contributed by atoms with Crippen LogP contribution in [0.3, 0.4) is 0 Å². The second-order valence-electron chi connectivity index (χ2n) is 18.5. The van der Waals surface area contributed by atoms with Crippen LogP contribution in [-0.2, 0) is 61.9 Å². The Morgan fingerprint density at radius 3 is 1.52 bits per heavy atom. The summed E-state index contributed by atoms with van der Waals surface area (Å²) in [6.45, 7) is 5.69. The molecule has 2 aliphatic rings. The van der Waals surface area contributed by atoms with E-state index >= 15 is 0 Å². The van der Waals surface area contributed by atoms with Crippen molar-refractivity contribution in [2.24, 2.45) is 0 Å². The number of nitrogens with one attached hydrogen (secondary N) is 4. The number of benzene rings is 6. The van der Waals surface area contributed by atoms with Crippen LogP contribution in [0.4, 0.5) is 0 Å². The van der Waals surface area contributed by atoms with Gasteiger partial charge in [0.1, 0.15) is 61.8 Å². The number of aldehydes is 1. The zero-order chi connectivity index (χ0) is 53.0. The van der Waals surface area contributed by atoms with Gasteiger partial charge in [0.2, 0.25) is 0 Å². The molecule has 392 valence electrons. The highest BCUT2D eigenvalue weighted by molar-refractivity contribution is 6.32. The molecule has 6 aromatic rings. The van der Waals surface area contributed by atoms with Crippen LogP contribution in [0.2, 0.25) is 10.0 Å². The molecule has 2 heterocycles. The third-order valence-corrected chi connectivity index (χ3v) is 14.2. The van der Waals surface area contributed by atoms with Crippen molar-refractivity contribution in [1.29, 1.82) is 0 Å². The van der Waals surface area contributed by atoms with Gasteiger partial charge in [-0.25, -0.2) is 0 Å². The van der Waals surface area contributed by atoms with Crippen LogP contribution in [0.25, 0.3) is 11.1 Å². The number of fused-ring (bicyclic) bond motifs is 2. The van der Waals surface area contributed by atoms with E-state index in [1.165, 1.54) is 0 Å². The van der Waals surface area contributed by atoms with E-state index in [2.05, 4.69) is 33.4 Å². The summed E-state index contributed by atoms with van der Waals surface area (Å²) < 4.78 is 25.6. The summed E-state index contributed by atoms with van der Waals surface area (Å²) in [7, 11) is 0. The molecule has 0 aliphatic carbocycles. The summed E-state index contributed by atoms with van der Waals surface area (Å²) in [6.07, 6.45) is 2.51. The summed E-state index contributed by atoms with van der Waals surface area (Å²) in [4.78, 5) is 48.8. The number of carbonyl (C=O) groups is 4. The maximum absolute atomic E-state index is 12.6. The fourth-order valence-corrected chi connectivity index (χ4v) is 9.67. The van der Waals surface area contributed by atoms with Crippen LogP contribution < -0.4 is 40.2 Å². The number of carboxylic acid groups (broad SMARTS) is 1. The van der Waals surface area contributed by atoms with Gasteiger partial charge in [-0.2, -0.15) is 0 Å². The molecule has 0 bridgehead atoms. The number of ether oxygens (including phenoxy) is 4. The van der Waals surface area contributed by atoms with Crippen LogP contribution in [0.5, 0.6) is 23.0 Å². The molecule has 2 aliphatic heterocycles. The lowest BCUT2D eigenvalue weighted by Gasteiger charge is -2.20. The summed E-state index contributed by atoms with van der Waals surface area (Å²) in [5, 5.41) is 41.2. The topological polar surface area (TPSA) is 214 Å². The SMILES string of the molecule is Cc1c(COc2cc(OCc3ccc4c(c3)C(=O)NCC4)c(CNC(C=O)CCO)cc2Cl)cccc1-c1cccc(COc2cc(OCc3ccc4c(c3)C(=O)NCC4)c(CNC(CCO)C(=O)O)cc2Cl)c1C. The molecule has 0 saturated carbocycles. The summed E-state index contributed by atoms with van der Waals surface area (Å²) in [5.74, 6) is 0.259. The monoisotopic (exact) mass is 1060 g/mol. The molecule has 0 spiro atoms. The van der Waals surface area contributed by atoms with Crippen molar-refractivity contribution in [3.8, 4) is 34.1 Å². The lowest BCUT2D eigenvalue weighted by atomic mass is 9.92. The average Bonchev–Trinajstić information content (AvgIpc) is 3.40. The largest absolute Gasteiger partial charge is 0.488 e. The van der Waals surface area contributed by atoms with E-state index in [1.807, 2.05) is 74.5 Å². The quantitative estimate of drug-likeness (QED) is 0.0270. The zero-order valence-corrected chi connectivity index (χ0v) is 43.2. The number of hydrogen-bond donors (Lipinski definition) is 7. The maximum atomic E-state index is 12.6. The van der Waals surface area contributed by atoms with Crippen LogP contribution in [0.15, 0.2) is 97.1 Å². The fraction of sp³-hybridized carbons (Fsp3) is 0.310. The minimum atomic E-state index is -1.10. The van der Waals surface area contributed by atoms with E-state index in [9.17, 15) is 34.5 Å². The van der Waals surface area contributed by atoms with Gasteiger partial charge >= 0.3 is 5.97 Å². The number of halogens is 2. The molecule has 7 N–H and O–H groups in total. The van der Waals surface area contributed by atoms with Gasteiger partial charge in [0.15, 0.2) is 0 Å². The van der Waals surface area contributed by atoms with Crippen molar-refractivity contribution < 1.29 is 53.4 Å². The Kier molecular flexibility index (Phi) is 18.5. The first-order valence-corrected chi connectivity index (χ1v) is 25.6. The second kappa shape index (κ2) is 25.5. The van der Waals surface area contributed by atoms with Crippen LogP contribution in [-0.4, -0.2) is 77.8 Å². The molecule has 0 saturated heterocycles. The predicted molar refractivity (Wildman–Crippen MR) is 285 cm³/mol. The number of rotatable bonds is 25. The van der Waals surface area contributed by atoms with Gasteiger partial charge in [0, 0.05) is 73.8 Å². The molecule has 8 rings (SSSR count). The van der Waals surface area contributed by atoms with E-state index in [0.29, 0.717) is 63.4 Å². The minimum Gasteiger partial charge on any atom is -0.488 e. The molecule has 75 heavy (non-hydrogen) atoms. The summed E-state index contributed by atoms with van der Waals surface area (Å²) >= 11 is 13.7.